The smallest absolute Gasteiger partial charge is 0.136 e. The summed E-state index contributed by atoms with van der Waals surface area (Å²) in [6, 6.07) is 0. The monoisotopic (exact) mass is 320 g/mol. The van der Waals surface area contributed by atoms with Crippen LogP contribution in [-0.2, 0) is 0 Å². The maximum absolute atomic E-state index is 16.2. The highest BCUT2D eigenvalue weighted by atomic mass is 19.1. The molecular weight excluding hydrogens is 283 g/mol. The maximum Gasteiger partial charge on any atom is 0.136 e. The van der Waals surface area contributed by atoms with Gasteiger partial charge in [-0.1, -0.05) is 60.5 Å². The Kier molecular flexibility index (Phi) is 5.19. The van der Waals surface area contributed by atoms with Crippen LogP contribution >= 0.6 is 0 Å². The summed E-state index contributed by atoms with van der Waals surface area (Å²) in [5, 5.41) is 0. The lowest BCUT2D eigenvalue weighted by Gasteiger charge is -2.47. The summed E-state index contributed by atoms with van der Waals surface area (Å²) in [7, 11) is 0. The molecule has 0 radical (unpaired) electrons. The quantitative estimate of drug-likeness (QED) is 0.500. The summed E-state index contributed by atoms with van der Waals surface area (Å²) in [6.07, 6.45) is 5.37. The van der Waals surface area contributed by atoms with Gasteiger partial charge < -0.3 is 0 Å². The zero-order chi connectivity index (χ0) is 17.6. The summed E-state index contributed by atoms with van der Waals surface area (Å²) >= 11 is 0. The van der Waals surface area contributed by atoms with Gasteiger partial charge in [-0.3, -0.25) is 0 Å². The fourth-order valence-electron chi connectivity index (χ4n) is 4.98. The van der Waals surface area contributed by atoms with Gasteiger partial charge in [-0.05, 0) is 66.6 Å². The van der Waals surface area contributed by atoms with Crippen LogP contribution in [0, 0.1) is 23.2 Å². The van der Waals surface area contributed by atoms with Crippen molar-refractivity contribution in [1.82, 2.24) is 0 Å². The van der Waals surface area contributed by atoms with E-state index in [1.807, 2.05) is 6.92 Å². The van der Waals surface area contributed by atoms with Gasteiger partial charge in [0.05, 0.1) is 0 Å². The molecule has 0 saturated heterocycles. The van der Waals surface area contributed by atoms with Gasteiger partial charge >= 0.3 is 0 Å². The second kappa shape index (κ2) is 6.37. The van der Waals surface area contributed by atoms with Crippen molar-refractivity contribution in [2.24, 2.45) is 23.2 Å². The number of allylic oxidation sites excluding steroid dienone is 4. The fraction of sp³-hybridized carbons (Fsp3) is 0.818. The summed E-state index contributed by atoms with van der Waals surface area (Å²) in [6.45, 7) is 17.7. The van der Waals surface area contributed by atoms with Crippen molar-refractivity contribution in [2.75, 3.05) is 0 Å². The second-order valence-electron chi connectivity index (χ2n) is 9.18. The highest BCUT2D eigenvalue weighted by molar-refractivity contribution is 5.51. The number of halogens is 1. The standard InChI is InChI=1S/C22H37F/c1-9-11-16-17(10-2)22(8,23)19(15-12-13-15)20(21(5,6)7)18(16)14(3)4/h14-15,19H,9-13H2,1-8H3. The Morgan fingerprint density at radius 1 is 1.17 bits per heavy atom. The van der Waals surface area contributed by atoms with Crippen molar-refractivity contribution in [3.8, 4) is 0 Å². The Balaban J connectivity index is 2.78. The van der Waals surface area contributed by atoms with Crippen LogP contribution < -0.4 is 0 Å². The van der Waals surface area contributed by atoms with Crippen LogP contribution in [0.15, 0.2) is 22.3 Å². The van der Waals surface area contributed by atoms with Crippen LogP contribution in [0.4, 0.5) is 4.39 Å². The summed E-state index contributed by atoms with van der Waals surface area (Å²) in [5.74, 6) is 1.12. The van der Waals surface area contributed by atoms with E-state index in [0.29, 0.717) is 11.8 Å². The van der Waals surface area contributed by atoms with Crippen LogP contribution in [0.3, 0.4) is 0 Å². The van der Waals surface area contributed by atoms with E-state index >= 15 is 4.39 Å². The van der Waals surface area contributed by atoms with Gasteiger partial charge in [0.25, 0.3) is 0 Å². The van der Waals surface area contributed by atoms with Gasteiger partial charge in [0.15, 0.2) is 0 Å². The Morgan fingerprint density at radius 2 is 1.74 bits per heavy atom. The molecule has 1 saturated carbocycles. The molecule has 2 aliphatic rings. The minimum Gasteiger partial charge on any atom is -0.239 e. The van der Waals surface area contributed by atoms with E-state index in [-0.39, 0.29) is 11.3 Å². The van der Waals surface area contributed by atoms with Crippen molar-refractivity contribution < 1.29 is 4.39 Å². The molecule has 0 aromatic rings. The number of hydrogen-bond donors (Lipinski definition) is 0. The van der Waals surface area contributed by atoms with Crippen LogP contribution in [0.1, 0.15) is 87.5 Å². The first-order valence-electron chi connectivity index (χ1n) is 9.73. The molecule has 0 spiro atoms. The molecule has 0 nitrogen and oxygen atoms in total. The maximum atomic E-state index is 16.2. The van der Waals surface area contributed by atoms with Gasteiger partial charge in [-0.15, -0.1) is 0 Å². The van der Waals surface area contributed by atoms with Crippen LogP contribution in [0.2, 0.25) is 0 Å². The van der Waals surface area contributed by atoms with Gasteiger partial charge in [0.2, 0.25) is 0 Å². The molecular formula is C22H37F. The van der Waals surface area contributed by atoms with Crippen LogP contribution in [-0.4, -0.2) is 5.67 Å². The highest BCUT2D eigenvalue weighted by Gasteiger charge is 2.53. The Labute approximate surface area is 143 Å². The van der Waals surface area contributed by atoms with Crippen molar-refractivity contribution in [1.29, 1.82) is 0 Å². The minimum absolute atomic E-state index is 0.0402. The Hall–Kier alpha value is -0.590. The van der Waals surface area contributed by atoms with Gasteiger partial charge in [-0.25, -0.2) is 4.39 Å². The Bertz CT molecular complexity index is 507. The summed E-state index contributed by atoms with van der Waals surface area (Å²) in [4.78, 5) is 0. The predicted octanol–water partition coefficient (Wildman–Crippen LogP) is 7.26. The number of alkyl halides is 1. The average molecular weight is 321 g/mol. The van der Waals surface area contributed by atoms with E-state index in [0.717, 1.165) is 24.8 Å². The summed E-state index contributed by atoms with van der Waals surface area (Å²) in [5.41, 5.74) is 4.27. The predicted molar refractivity (Wildman–Crippen MR) is 99.3 cm³/mol. The molecule has 132 valence electrons. The third-order valence-corrected chi connectivity index (χ3v) is 5.80. The fourth-order valence-corrected chi connectivity index (χ4v) is 4.98. The molecule has 2 atom stereocenters. The van der Waals surface area contributed by atoms with E-state index in [9.17, 15) is 0 Å². The van der Waals surface area contributed by atoms with Crippen molar-refractivity contribution in [2.45, 2.75) is 93.2 Å². The van der Waals surface area contributed by atoms with Crippen molar-refractivity contribution in [3.05, 3.63) is 22.3 Å². The first-order chi connectivity index (χ1) is 10.6. The van der Waals surface area contributed by atoms with E-state index in [2.05, 4.69) is 48.5 Å². The molecule has 1 fully saturated rings. The lowest BCUT2D eigenvalue weighted by molar-refractivity contribution is 0.124. The van der Waals surface area contributed by atoms with Crippen LogP contribution in [0.25, 0.3) is 0 Å². The molecule has 0 aromatic heterocycles. The molecule has 0 N–H and O–H groups in total. The second-order valence-corrected chi connectivity index (χ2v) is 9.18. The van der Waals surface area contributed by atoms with Gasteiger partial charge in [-0.2, -0.15) is 0 Å². The lowest BCUT2D eigenvalue weighted by Crippen LogP contribution is -2.43. The molecule has 0 heterocycles. The molecule has 0 amide bonds. The normalized spacial score (nSPS) is 29.7. The molecule has 2 aliphatic carbocycles. The lowest BCUT2D eigenvalue weighted by atomic mass is 9.59. The molecule has 2 unspecified atom stereocenters. The Morgan fingerprint density at radius 3 is 2.09 bits per heavy atom. The zero-order valence-electron chi connectivity index (χ0n) is 16.6. The third kappa shape index (κ3) is 3.30. The summed E-state index contributed by atoms with van der Waals surface area (Å²) < 4.78 is 16.2. The average Bonchev–Trinajstić information content (AvgIpc) is 3.20. The van der Waals surface area contributed by atoms with E-state index < -0.39 is 5.67 Å². The van der Waals surface area contributed by atoms with Crippen molar-refractivity contribution >= 4 is 0 Å². The number of rotatable bonds is 5. The minimum atomic E-state index is -1.17. The molecule has 0 aliphatic heterocycles. The van der Waals surface area contributed by atoms with Crippen molar-refractivity contribution in [3.63, 3.8) is 0 Å². The molecule has 0 bridgehead atoms. The largest absolute Gasteiger partial charge is 0.239 e. The van der Waals surface area contributed by atoms with E-state index in [1.54, 1.807) is 0 Å². The topological polar surface area (TPSA) is 0 Å². The third-order valence-electron chi connectivity index (χ3n) is 5.80. The van der Waals surface area contributed by atoms with Crippen LogP contribution in [0.5, 0.6) is 0 Å². The van der Waals surface area contributed by atoms with E-state index in [4.69, 9.17) is 0 Å². The first-order valence-corrected chi connectivity index (χ1v) is 9.73. The van der Waals surface area contributed by atoms with Gasteiger partial charge in [0, 0.05) is 5.92 Å². The van der Waals surface area contributed by atoms with E-state index in [1.165, 1.54) is 29.6 Å². The molecule has 2 rings (SSSR count). The SMILES string of the molecule is CCCC1=C(CC)C(C)(F)C(C2CC2)C(C(C)(C)C)=C1C(C)C. The first kappa shape index (κ1) is 18.7. The van der Waals surface area contributed by atoms with Gasteiger partial charge in [0.1, 0.15) is 5.67 Å². The highest BCUT2D eigenvalue weighted by Crippen LogP contribution is 2.59. The molecule has 1 heteroatoms. The molecule has 0 aromatic carbocycles. The molecule has 23 heavy (non-hydrogen) atoms. The zero-order valence-corrected chi connectivity index (χ0v) is 16.6. The number of hydrogen-bond acceptors (Lipinski definition) is 0.